The maximum atomic E-state index is 11.8. The molecule has 22 heavy (non-hydrogen) atoms. The summed E-state index contributed by atoms with van der Waals surface area (Å²) in [6.45, 7) is 13.2. The Morgan fingerprint density at radius 1 is 1.14 bits per heavy atom. The maximum Gasteiger partial charge on any atom is 0.509 e. The van der Waals surface area contributed by atoms with Crippen LogP contribution in [0.2, 0.25) is 0 Å². The molecule has 0 aromatic heterocycles. The van der Waals surface area contributed by atoms with Crippen LogP contribution in [0.25, 0.3) is 0 Å². The van der Waals surface area contributed by atoms with Crippen LogP contribution in [0.1, 0.15) is 60.3 Å². The zero-order valence-corrected chi connectivity index (χ0v) is 14.6. The van der Waals surface area contributed by atoms with Crippen molar-refractivity contribution in [2.24, 2.45) is 5.92 Å². The molecule has 0 saturated heterocycles. The molecule has 0 aromatic carbocycles. The van der Waals surface area contributed by atoms with E-state index in [0.29, 0.717) is 12.5 Å². The standard InChI is InChI=1S/C17H30O5/c1-7-9-10-14(8-2)12-20-15(18)13(3)11-21-16(19)22-17(4,5)6/h14H,3,7-12H2,1-2,4-6H3. The molecule has 0 spiro atoms. The predicted octanol–water partition coefficient (Wildman–Crippen LogP) is 4.25. The molecule has 0 radical (unpaired) electrons. The van der Waals surface area contributed by atoms with E-state index in [-0.39, 0.29) is 12.2 Å². The van der Waals surface area contributed by atoms with Crippen molar-refractivity contribution in [2.45, 2.75) is 65.9 Å². The fraction of sp³-hybridized carbons (Fsp3) is 0.765. The van der Waals surface area contributed by atoms with Crippen molar-refractivity contribution >= 4 is 12.1 Å². The lowest BCUT2D eigenvalue weighted by molar-refractivity contribution is -0.141. The van der Waals surface area contributed by atoms with E-state index in [1.165, 1.54) is 0 Å². The van der Waals surface area contributed by atoms with Crippen molar-refractivity contribution in [2.75, 3.05) is 13.2 Å². The highest BCUT2D eigenvalue weighted by Crippen LogP contribution is 2.14. The summed E-state index contributed by atoms with van der Waals surface area (Å²) in [5.74, 6) is -0.165. The summed E-state index contributed by atoms with van der Waals surface area (Å²) in [4.78, 5) is 23.2. The van der Waals surface area contributed by atoms with Crippen LogP contribution in [0, 0.1) is 5.92 Å². The average molecular weight is 314 g/mol. The first-order chi connectivity index (χ1) is 10.2. The fourth-order valence-corrected chi connectivity index (χ4v) is 1.68. The number of hydrogen-bond donors (Lipinski definition) is 0. The van der Waals surface area contributed by atoms with Gasteiger partial charge in [-0.1, -0.05) is 39.7 Å². The highest BCUT2D eigenvalue weighted by molar-refractivity contribution is 5.88. The minimum absolute atomic E-state index is 0.108. The van der Waals surface area contributed by atoms with Gasteiger partial charge in [-0.25, -0.2) is 9.59 Å². The normalized spacial score (nSPS) is 12.4. The quantitative estimate of drug-likeness (QED) is 0.470. The molecule has 5 heteroatoms. The molecule has 1 atom stereocenters. The van der Waals surface area contributed by atoms with Gasteiger partial charge < -0.3 is 14.2 Å². The van der Waals surface area contributed by atoms with Crippen LogP contribution in [0.4, 0.5) is 4.79 Å². The van der Waals surface area contributed by atoms with Crippen LogP contribution in [-0.2, 0) is 19.0 Å². The van der Waals surface area contributed by atoms with Crippen LogP contribution in [-0.4, -0.2) is 30.9 Å². The van der Waals surface area contributed by atoms with E-state index < -0.39 is 17.7 Å². The number of esters is 1. The summed E-state index contributed by atoms with van der Waals surface area (Å²) in [7, 11) is 0. The summed E-state index contributed by atoms with van der Waals surface area (Å²) in [6, 6.07) is 0. The van der Waals surface area contributed by atoms with Gasteiger partial charge in [-0.15, -0.1) is 0 Å². The maximum absolute atomic E-state index is 11.8. The third-order valence-corrected chi connectivity index (χ3v) is 3.04. The summed E-state index contributed by atoms with van der Waals surface area (Å²) < 4.78 is 15.0. The predicted molar refractivity (Wildman–Crippen MR) is 85.6 cm³/mol. The molecular weight excluding hydrogens is 284 g/mol. The molecule has 0 saturated carbocycles. The van der Waals surface area contributed by atoms with Gasteiger partial charge in [0.2, 0.25) is 0 Å². The van der Waals surface area contributed by atoms with Gasteiger partial charge in [0.05, 0.1) is 12.2 Å². The molecule has 0 fully saturated rings. The molecule has 0 aliphatic rings. The Morgan fingerprint density at radius 2 is 1.77 bits per heavy atom. The Bertz CT molecular complexity index is 368. The van der Waals surface area contributed by atoms with Crippen molar-refractivity contribution in [1.29, 1.82) is 0 Å². The van der Waals surface area contributed by atoms with E-state index in [0.717, 1.165) is 25.7 Å². The lowest BCUT2D eigenvalue weighted by Crippen LogP contribution is -2.25. The number of unbranched alkanes of at least 4 members (excludes halogenated alkanes) is 1. The Hall–Kier alpha value is -1.52. The van der Waals surface area contributed by atoms with E-state index in [4.69, 9.17) is 14.2 Å². The molecular formula is C17H30O5. The van der Waals surface area contributed by atoms with Gasteiger partial charge in [-0.2, -0.15) is 0 Å². The van der Waals surface area contributed by atoms with Gasteiger partial charge >= 0.3 is 12.1 Å². The molecule has 0 aliphatic carbocycles. The zero-order chi connectivity index (χ0) is 17.2. The molecule has 0 N–H and O–H groups in total. The highest BCUT2D eigenvalue weighted by atomic mass is 16.7. The van der Waals surface area contributed by atoms with Gasteiger partial charge in [0, 0.05) is 0 Å². The second-order valence-corrected chi connectivity index (χ2v) is 6.37. The highest BCUT2D eigenvalue weighted by Gasteiger charge is 2.19. The molecule has 0 aliphatic heterocycles. The zero-order valence-electron chi connectivity index (χ0n) is 14.6. The number of ether oxygens (including phenoxy) is 3. The van der Waals surface area contributed by atoms with Crippen molar-refractivity contribution in [3.05, 3.63) is 12.2 Å². The van der Waals surface area contributed by atoms with Crippen molar-refractivity contribution < 1.29 is 23.8 Å². The van der Waals surface area contributed by atoms with Crippen LogP contribution >= 0.6 is 0 Å². The summed E-state index contributed by atoms with van der Waals surface area (Å²) in [5, 5.41) is 0. The van der Waals surface area contributed by atoms with Gasteiger partial charge in [0.1, 0.15) is 12.2 Å². The first-order valence-corrected chi connectivity index (χ1v) is 7.90. The second-order valence-electron chi connectivity index (χ2n) is 6.37. The average Bonchev–Trinajstić information content (AvgIpc) is 2.42. The Morgan fingerprint density at radius 3 is 2.27 bits per heavy atom. The van der Waals surface area contributed by atoms with Gasteiger partial charge in [-0.05, 0) is 33.1 Å². The number of hydrogen-bond acceptors (Lipinski definition) is 5. The first-order valence-electron chi connectivity index (χ1n) is 7.90. The lowest BCUT2D eigenvalue weighted by atomic mass is 10.0. The molecule has 0 amide bonds. The van der Waals surface area contributed by atoms with E-state index in [1.54, 1.807) is 20.8 Å². The largest absolute Gasteiger partial charge is 0.509 e. The van der Waals surface area contributed by atoms with E-state index in [2.05, 4.69) is 20.4 Å². The molecule has 0 rings (SSSR count). The van der Waals surface area contributed by atoms with Gasteiger partial charge in [0.25, 0.3) is 0 Å². The smallest absolute Gasteiger partial charge is 0.462 e. The van der Waals surface area contributed by atoms with E-state index in [1.807, 2.05) is 0 Å². The minimum Gasteiger partial charge on any atom is -0.462 e. The molecule has 1 unspecified atom stereocenters. The molecule has 128 valence electrons. The SMILES string of the molecule is C=C(COC(=O)OC(C)(C)C)C(=O)OCC(CC)CCCC. The summed E-state index contributed by atoms with van der Waals surface area (Å²) >= 11 is 0. The monoisotopic (exact) mass is 314 g/mol. The molecule has 0 bridgehead atoms. The van der Waals surface area contributed by atoms with Crippen molar-refractivity contribution in [3.63, 3.8) is 0 Å². The third-order valence-electron chi connectivity index (χ3n) is 3.04. The summed E-state index contributed by atoms with van der Waals surface area (Å²) in [6.07, 6.45) is 3.44. The molecule has 5 nitrogen and oxygen atoms in total. The lowest BCUT2D eigenvalue weighted by Gasteiger charge is -2.19. The van der Waals surface area contributed by atoms with Gasteiger partial charge in [-0.3, -0.25) is 0 Å². The first kappa shape index (κ1) is 20.5. The number of carbonyl (C=O) groups is 2. The fourth-order valence-electron chi connectivity index (χ4n) is 1.68. The van der Waals surface area contributed by atoms with Crippen LogP contribution in [0.15, 0.2) is 12.2 Å². The number of carbonyl (C=O) groups excluding carboxylic acids is 2. The topological polar surface area (TPSA) is 61.8 Å². The molecule has 0 aromatic rings. The van der Waals surface area contributed by atoms with E-state index in [9.17, 15) is 9.59 Å². The van der Waals surface area contributed by atoms with Crippen LogP contribution in [0.5, 0.6) is 0 Å². The van der Waals surface area contributed by atoms with Gasteiger partial charge in [0.15, 0.2) is 0 Å². The third kappa shape index (κ3) is 10.2. The van der Waals surface area contributed by atoms with Crippen LogP contribution < -0.4 is 0 Å². The Labute approximate surface area is 134 Å². The Kier molecular flexibility index (Phi) is 9.54. The summed E-state index contributed by atoms with van der Waals surface area (Å²) in [5.41, 5.74) is -0.525. The minimum atomic E-state index is -0.823. The molecule has 0 heterocycles. The second kappa shape index (κ2) is 10.2. The number of rotatable bonds is 9. The van der Waals surface area contributed by atoms with E-state index >= 15 is 0 Å². The van der Waals surface area contributed by atoms with Crippen molar-refractivity contribution in [1.82, 2.24) is 0 Å². The Balaban J connectivity index is 4.06. The van der Waals surface area contributed by atoms with Crippen LogP contribution in [0.3, 0.4) is 0 Å². The van der Waals surface area contributed by atoms with Crippen molar-refractivity contribution in [3.8, 4) is 0 Å².